The molecule has 0 saturated carbocycles. The molecule has 2 amide bonds. The molecule has 3 aromatic carbocycles. The highest BCUT2D eigenvalue weighted by molar-refractivity contribution is 5.99. The number of piperidine rings is 2. The van der Waals surface area contributed by atoms with Crippen molar-refractivity contribution in [3.63, 3.8) is 0 Å². The largest absolute Gasteiger partial charge is 0.398 e. The number of hydrogen-bond acceptors (Lipinski definition) is 4. The number of carbonyl (C=O) groups excluding carboxylic acids is 2. The number of benzene rings is 3. The van der Waals surface area contributed by atoms with Gasteiger partial charge in [-0.15, -0.1) is 0 Å². The highest BCUT2D eigenvalue weighted by Crippen LogP contribution is 2.26. The van der Waals surface area contributed by atoms with Crippen LogP contribution in [0.3, 0.4) is 0 Å². The zero-order valence-corrected chi connectivity index (χ0v) is 22.7. The molecule has 40 heavy (non-hydrogen) atoms. The number of rotatable bonds is 6. The van der Waals surface area contributed by atoms with Gasteiger partial charge in [0.1, 0.15) is 11.6 Å². The average molecular weight is 548 g/mol. The number of halogens is 2. The van der Waals surface area contributed by atoms with Crippen LogP contribution < -0.4 is 5.73 Å². The van der Waals surface area contributed by atoms with Crippen molar-refractivity contribution in [1.82, 2.24) is 9.80 Å². The Morgan fingerprint density at radius 2 is 1.43 bits per heavy atom. The maximum atomic E-state index is 13.7. The molecule has 0 bridgehead atoms. The van der Waals surface area contributed by atoms with E-state index in [2.05, 4.69) is 0 Å². The third-order valence-corrected chi connectivity index (χ3v) is 8.02. The van der Waals surface area contributed by atoms with Crippen LogP contribution in [0.5, 0.6) is 0 Å². The molecule has 2 heterocycles. The van der Waals surface area contributed by atoms with E-state index in [1.807, 2.05) is 35.2 Å². The third kappa shape index (κ3) is 6.33. The van der Waals surface area contributed by atoms with Crippen molar-refractivity contribution in [2.24, 2.45) is 0 Å². The Bertz CT molecular complexity index is 1360. The van der Waals surface area contributed by atoms with Crippen LogP contribution >= 0.6 is 0 Å². The van der Waals surface area contributed by atoms with Gasteiger partial charge in [-0.1, -0.05) is 24.3 Å². The molecular formula is C32H35F2N3O3. The van der Waals surface area contributed by atoms with Gasteiger partial charge < -0.3 is 20.3 Å². The molecular weight excluding hydrogens is 512 g/mol. The second-order valence-corrected chi connectivity index (χ2v) is 10.8. The van der Waals surface area contributed by atoms with E-state index in [0.29, 0.717) is 49.3 Å². The SMILES string of the molecule is Cc1c(F)ccc(C(=O)N2CCC(OC3CCN(C(=O)c4ccc(Cc5cccc(F)c5)cc4)CC3)CC2)c1N. The standard InChI is InChI=1S/C32H35F2N3O3/c1-21-29(34)10-9-28(30(21)35)32(39)37-17-13-27(14-18-37)40-26-11-15-36(16-12-26)31(38)24-7-5-22(6-8-24)19-23-3-2-4-25(33)20-23/h2-10,20,26-27H,11-19,35H2,1H3. The number of amides is 2. The number of nitrogens with two attached hydrogens (primary N) is 1. The van der Waals surface area contributed by atoms with Gasteiger partial charge >= 0.3 is 0 Å². The molecule has 2 saturated heterocycles. The molecule has 5 rings (SSSR count). The first-order chi connectivity index (χ1) is 19.3. The quantitative estimate of drug-likeness (QED) is 0.421. The van der Waals surface area contributed by atoms with E-state index in [1.165, 1.54) is 24.3 Å². The summed E-state index contributed by atoms with van der Waals surface area (Å²) in [6.45, 7) is 3.97. The zero-order valence-electron chi connectivity index (χ0n) is 22.7. The molecule has 2 fully saturated rings. The Balaban J connectivity index is 1.06. The van der Waals surface area contributed by atoms with Gasteiger partial charge in [-0.3, -0.25) is 9.59 Å². The monoisotopic (exact) mass is 547 g/mol. The lowest BCUT2D eigenvalue weighted by molar-refractivity contribution is -0.0592. The maximum absolute atomic E-state index is 13.7. The molecule has 6 nitrogen and oxygen atoms in total. The topological polar surface area (TPSA) is 75.9 Å². The second kappa shape index (κ2) is 12.2. The number of ether oxygens (including phenoxy) is 1. The summed E-state index contributed by atoms with van der Waals surface area (Å²) in [5.74, 6) is -0.824. The van der Waals surface area contributed by atoms with Gasteiger partial charge in [0.05, 0.1) is 23.5 Å². The fraction of sp³-hybridized carbons (Fsp3) is 0.375. The smallest absolute Gasteiger partial charge is 0.255 e. The summed E-state index contributed by atoms with van der Waals surface area (Å²) < 4.78 is 33.5. The summed E-state index contributed by atoms with van der Waals surface area (Å²) in [6.07, 6.45) is 3.76. The molecule has 3 aromatic rings. The van der Waals surface area contributed by atoms with Crippen LogP contribution in [0.2, 0.25) is 0 Å². The minimum atomic E-state index is -0.413. The minimum absolute atomic E-state index is 0.0119. The molecule has 2 N–H and O–H groups in total. The van der Waals surface area contributed by atoms with Gasteiger partial charge in [-0.25, -0.2) is 8.78 Å². The lowest BCUT2D eigenvalue weighted by Gasteiger charge is -2.37. The molecule has 0 aromatic heterocycles. The highest BCUT2D eigenvalue weighted by atomic mass is 19.1. The summed E-state index contributed by atoms with van der Waals surface area (Å²) in [5, 5.41) is 0. The summed E-state index contributed by atoms with van der Waals surface area (Å²) >= 11 is 0. The van der Waals surface area contributed by atoms with E-state index in [-0.39, 0.29) is 35.5 Å². The minimum Gasteiger partial charge on any atom is -0.398 e. The number of hydrogen-bond donors (Lipinski definition) is 1. The van der Waals surface area contributed by atoms with Gasteiger partial charge in [0.2, 0.25) is 0 Å². The van der Waals surface area contributed by atoms with Crippen molar-refractivity contribution in [1.29, 1.82) is 0 Å². The van der Waals surface area contributed by atoms with E-state index in [9.17, 15) is 18.4 Å². The Hall–Kier alpha value is -3.78. The molecule has 0 unspecified atom stereocenters. The fourth-order valence-electron chi connectivity index (χ4n) is 5.55. The molecule has 2 aliphatic heterocycles. The Kier molecular flexibility index (Phi) is 8.45. The Morgan fingerprint density at radius 3 is 2.02 bits per heavy atom. The number of nitrogen functional groups attached to an aromatic ring is 1. The zero-order chi connectivity index (χ0) is 28.2. The summed E-state index contributed by atoms with van der Waals surface area (Å²) in [5.41, 5.74) is 9.41. The summed E-state index contributed by atoms with van der Waals surface area (Å²) in [7, 11) is 0. The first kappa shape index (κ1) is 27.8. The third-order valence-electron chi connectivity index (χ3n) is 8.02. The number of nitrogens with zero attached hydrogens (tertiary/aromatic N) is 2. The second-order valence-electron chi connectivity index (χ2n) is 10.8. The molecule has 0 atom stereocenters. The molecule has 0 aliphatic carbocycles. The fourth-order valence-corrected chi connectivity index (χ4v) is 5.55. The van der Waals surface area contributed by atoms with Crippen molar-refractivity contribution in [2.75, 3.05) is 31.9 Å². The number of anilines is 1. The molecule has 2 aliphatic rings. The number of carbonyl (C=O) groups is 2. The molecule has 0 radical (unpaired) electrons. The lowest BCUT2D eigenvalue weighted by atomic mass is 10.0. The van der Waals surface area contributed by atoms with E-state index in [4.69, 9.17) is 10.5 Å². The Labute approximate surface area is 233 Å². The van der Waals surface area contributed by atoms with Crippen molar-refractivity contribution >= 4 is 17.5 Å². The normalized spacial score (nSPS) is 16.8. The lowest BCUT2D eigenvalue weighted by Crippen LogP contribution is -2.45. The van der Waals surface area contributed by atoms with Crippen LogP contribution in [-0.2, 0) is 11.2 Å². The van der Waals surface area contributed by atoms with Gasteiger partial charge in [0.15, 0.2) is 0 Å². The first-order valence-electron chi connectivity index (χ1n) is 13.9. The van der Waals surface area contributed by atoms with Gasteiger partial charge in [-0.05, 0) is 86.6 Å². The van der Waals surface area contributed by atoms with Crippen LogP contribution in [-0.4, -0.2) is 60.0 Å². The van der Waals surface area contributed by atoms with Crippen LogP contribution in [0.25, 0.3) is 0 Å². The maximum Gasteiger partial charge on any atom is 0.255 e. The predicted molar refractivity (Wildman–Crippen MR) is 150 cm³/mol. The predicted octanol–water partition coefficient (Wildman–Crippen LogP) is 5.37. The van der Waals surface area contributed by atoms with E-state index >= 15 is 0 Å². The van der Waals surface area contributed by atoms with Gasteiger partial charge in [0, 0.05) is 37.3 Å². The number of likely N-dealkylation sites (tertiary alicyclic amines) is 2. The average Bonchev–Trinajstić information content (AvgIpc) is 2.97. The van der Waals surface area contributed by atoms with E-state index in [0.717, 1.165) is 36.8 Å². The summed E-state index contributed by atoms with van der Waals surface area (Å²) in [4.78, 5) is 29.6. The van der Waals surface area contributed by atoms with Gasteiger partial charge in [-0.2, -0.15) is 0 Å². The highest BCUT2D eigenvalue weighted by Gasteiger charge is 2.30. The molecule has 8 heteroatoms. The van der Waals surface area contributed by atoms with Gasteiger partial charge in [0.25, 0.3) is 11.8 Å². The molecule has 210 valence electrons. The van der Waals surface area contributed by atoms with Crippen LogP contribution in [0.4, 0.5) is 14.5 Å². The summed E-state index contributed by atoms with van der Waals surface area (Å²) in [6, 6.07) is 16.8. The molecule has 0 spiro atoms. The van der Waals surface area contributed by atoms with Crippen molar-refractivity contribution in [3.8, 4) is 0 Å². The van der Waals surface area contributed by atoms with Crippen LogP contribution in [0.1, 0.15) is 63.1 Å². The van der Waals surface area contributed by atoms with Crippen molar-refractivity contribution < 1.29 is 23.1 Å². The first-order valence-corrected chi connectivity index (χ1v) is 13.9. The van der Waals surface area contributed by atoms with E-state index in [1.54, 1.807) is 17.9 Å². The van der Waals surface area contributed by atoms with Crippen LogP contribution in [0, 0.1) is 18.6 Å². The Morgan fingerprint density at radius 1 is 0.825 bits per heavy atom. The van der Waals surface area contributed by atoms with Crippen molar-refractivity contribution in [2.45, 2.75) is 51.2 Å². The van der Waals surface area contributed by atoms with E-state index < -0.39 is 5.82 Å². The van der Waals surface area contributed by atoms with Crippen molar-refractivity contribution in [3.05, 3.63) is 100 Å². The van der Waals surface area contributed by atoms with Crippen LogP contribution in [0.15, 0.2) is 60.7 Å².